The number of nitrogens with one attached hydrogen (secondary N) is 1. The molecule has 0 aliphatic heterocycles. The van der Waals surface area contributed by atoms with Gasteiger partial charge in [0.1, 0.15) is 11.4 Å². The van der Waals surface area contributed by atoms with Gasteiger partial charge in [0.2, 0.25) is 0 Å². The molecule has 0 heterocycles. The molecule has 22 heavy (non-hydrogen) atoms. The van der Waals surface area contributed by atoms with Crippen molar-refractivity contribution in [1.29, 1.82) is 0 Å². The Morgan fingerprint density at radius 3 is 2.09 bits per heavy atom. The van der Waals surface area contributed by atoms with Crippen LogP contribution in [0.2, 0.25) is 0 Å². The molecule has 0 bridgehead atoms. The Hall–Kier alpha value is -3.15. The van der Waals surface area contributed by atoms with Crippen molar-refractivity contribution in [3.05, 3.63) is 65.7 Å². The summed E-state index contributed by atoms with van der Waals surface area (Å²) in [6.07, 6.45) is 0. The summed E-state index contributed by atoms with van der Waals surface area (Å²) in [7, 11) is 0. The van der Waals surface area contributed by atoms with Crippen LogP contribution in [0, 0.1) is 0 Å². The van der Waals surface area contributed by atoms with Gasteiger partial charge in [-0.05, 0) is 31.2 Å². The Balaban J connectivity index is 2.14. The first-order valence-corrected chi connectivity index (χ1v) is 6.53. The maximum absolute atomic E-state index is 12.0. The molecule has 0 atom stereocenters. The van der Waals surface area contributed by atoms with Crippen molar-refractivity contribution in [2.45, 2.75) is 6.92 Å². The first-order chi connectivity index (χ1) is 10.7. The number of carbonyl (C=O) groups is 1. The van der Waals surface area contributed by atoms with Crippen molar-refractivity contribution in [2.24, 2.45) is 10.3 Å². The molecule has 0 fully saturated rings. The van der Waals surface area contributed by atoms with Crippen molar-refractivity contribution < 1.29 is 15.2 Å². The highest BCUT2D eigenvalue weighted by Crippen LogP contribution is 2.13. The van der Waals surface area contributed by atoms with Crippen molar-refractivity contribution in [2.75, 3.05) is 5.32 Å². The zero-order valence-corrected chi connectivity index (χ0v) is 11.9. The Morgan fingerprint density at radius 2 is 1.55 bits per heavy atom. The summed E-state index contributed by atoms with van der Waals surface area (Å²) in [4.78, 5) is 12.0. The van der Waals surface area contributed by atoms with Crippen LogP contribution in [-0.4, -0.2) is 27.7 Å². The Morgan fingerprint density at radius 1 is 0.909 bits per heavy atom. The summed E-state index contributed by atoms with van der Waals surface area (Å²) < 4.78 is 0. The third-order valence-corrected chi connectivity index (χ3v) is 3.04. The Bertz CT molecular complexity index is 707. The molecule has 0 saturated heterocycles. The van der Waals surface area contributed by atoms with Gasteiger partial charge in [0.25, 0.3) is 5.91 Å². The second-order valence-electron chi connectivity index (χ2n) is 4.53. The van der Waals surface area contributed by atoms with Crippen molar-refractivity contribution in [3.8, 4) is 0 Å². The predicted octanol–water partition coefficient (Wildman–Crippen LogP) is 2.97. The number of rotatable bonds is 4. The molecule has 2 aromatic rings. The Labute approximate surface area is 127 Å². The van der Waals surface area contributed by atoms with E-state index in [2.05, 4.69) is 15.6 Å². The molecular formula is C16H15N3O3. The molecule has 0 unspecified atom stereocenters. The summed E-state index contributed by atoms with van der Waals surface area (Å²) in [5.74, 6) is -0.211. The molecule has 6 heteroatoms. The van der Waals surface area contributed by atoms with E-state index in [9.17, 15) is 4.79 Å². The van der Waals surface area contributed by atoms with Crippen LogP contribution in [0.5, 0.6) is 0 Å². The van der Waals surface area contributed by atoms with E-state index >= 15 is 0 Å². The van der Waals surface area contributed by atoms with Crippen LogP contribution in [0.1, 0.15) is 22.8 Å². The molecule has 3 N–H and O–H groups in total. The second kappa shape index (κ2) is 7.03. The van der Waals surface area contributed by atoms with E-state index in [4.69, 9.17) is 10.4 Å². The van der Waals surface area contributed by atoms with Gasteiger partial charge in [-0.2, -0.15) is 0 Å². The van der Waals surface area contributed by atoms with Gasteiger partial charge in [0.05, 0.1) is 0 Å². The quantitative estimate of drug-likeness (QED) is 0.460. The molecule has 0 aliphatic rings. The number of oxime groups is 2. The lowest BCUT2D eigenvalue weighted by molar-refractivity contribution is 0.102. The fraction of sp³-hybridized carbons (Fsp3) is 0.0625. The second-order valence-corrected chi connectivity index (χ2v) is 4.53. The SMILES string of the molecule is CC(=N/O)/C(=N\O)c1ccc(NC(=O)c2ccccc2)cc1. The lowest BCUT2D eigenvalue weighted by atomic mass is 10.1. The van der Waals surface area contributed by atoms with Crippen LogP contribution >= 0.6 is 0 Å². The van der Waals surface area contributed by atoms with E-state index in [1.807, 2.05) is 6.07 Å². The minimum atomic E-state index is -0.211. The molecule has 0 aliphatic carbocycles. The van der Waals surface area contributed by atoms with Gasteiger partial charge in [-0.3, -0.25) is 4.79 Å². The van der Waals surface area contributed by atoms with Crippen LogP contribution in [0.3, 0.4) is 0 Å². The number of hydrogen-bond acceptors (Lipinski definition) is 5. The van der Waals surface area contributed by atoms with E-state index < -0.39 is 0 Å². The van der Waals surface area contributed by atoms with Gasteiger partial charge in [0.15, 0.2) is 0 Å². The fourth-order valence-corrected chi connectivity index (χ4v) is 1.89. The number of carbonyl (C=O) groups excluding carboxylic acids is 1. The number of amides is 1. The normalized spacial score (nSPS) is 12.0. The maximum Gasteiger partial charge on any atom is 0.255 e. The van der Waals surface area contributed by atoms with Gasteiger partial charge in [-0.1, -0.05) is 40.6 Å². The molecule has 6 nitrogen and oxygen atoms in total. The first-order valence-electron chi connectivity index (χ1n) is 6.53. The maximum atomic E-state index is 12.0. The minimum Gasteiger partial charge on any atom is -0.411 e. The average molecular weight is 297 g/mol. The summed E-state index contributed by atoms with van der Waals surface area (Å²) in [5, 5.41) is 26.6. The Kier molecular flexibility index (Phi) is 4.87. The van der Waals surface area contributed by atoms with Crippen LogP contribution in [0.4, 0.5) is 5.69 Å². The van der Waals surface area contributed by atoms with Crippen LogP contribution in [0.15, 0.2) is 64.9 Å². The van der Waals surface area contributed by atoms with Crippen molar-refractivity contribution in [3.63, 3.8) is 0 Å². The molecule has 112 valence electrons. The van der Waals surface area contributed by atoms with Crippen molar-refractivity contribution in [1.82, 2.24) is 0 Å². The van der Waals surface area contributed by atoms with Gasteiger partial charge in [0, 0.05) is 16.8 Å². The number of nitrogens with zero attached hydrogens (tertiary/aromatic N) is 2. The van der Waals surface area contributed by atoms with E-state index in [1.165, 1.54) is 6.92 Å². The van der Waals surface area contributed by atoms with E-state index in [0.717, 1.165) is 0 Å². The molecule has 0 aromatic heterocycles. The van der Waals surface area contributed by atoms with E-state index in [-0.39, 0.29) is 17.3 Å². The van der Waals surface area contributed by atoms with E-state index in [0.29, 0.717) is 16.8 Å². The monoisotopic (exact) mass is 297 g/mol. The molecule has 0 spiro atoms. The lowest BCUT2D eigenvalue weighted by Crippen LogP contribution is -2.14. The zero-order valence-electron chi connectivity index (χ0n) is 11.9. The summed E-state index contributed by atoms with van der Waals surface area (Å²) in [6, 6.07) is 15.5. The average Bonchev–Trinajstić information content (AvgIpc) is 2.57. The summed E-state index contributed by atoms with van der Waals surface area (Å²) >= 11 is 0. The van der Waals surface area contributed by atoms with Gasteiger partial charge in [-0.25, -0.2) is 0 Å². The molecular weight excluding hydrogens is 282 g/mol. The van der Waals surface area contributed by atoms with Crippen LogP contribution < -0.4 is 5.32 Å². The smallest absolute Gasteiger partial charge is 0.255 e. The third-order valence-electron chi connectivity index (χ3n) is 3.04. The van der Waals surface area contributed by atoms with Crippen LogP contribution in [-0.2, 0) is 0 Å². The highest BCUT2D eigenvalue weighted by Gasteiger charge is 2.10. The highest BCUT2D eigenvalue weighted by atomic mass is 16.4. The lowest BCUT2D eigenvalue weighted by Gasteiger charge is -2.07. The number of benzene rings is 2. The van der Waals surface area contributed by atoms with Gasteiger partial charge >= 0.3 is 0 Å². The summed E-state index contributed by atoms with van der Waals surface area (Å²) in [5.41, 5.74) is 2.07. The largest absolute Gasteiger partial charge is 0.411 e. The standard InChI is InChI=1S/C16H15N3O3/c1-11(18-21)15(19-22)12-7-9-14(10-8-12)17-16(20)13-5-3-2-4-6-13/h2-10,21-22H,1H3,(H,17,20)/b18-11-,19-15+. The van der Waals surface area contributed by atoms with Gasteiger partial charge in [-0.15, -0.1) is 0 Å². The summed E-state index contributed by atoms with van der Waals surface area (Å²) in [6.45, 7) is 1.51. The fourth-order valence-electron chi connectivity index (χ4n) is 1.89. The predicted molar refractivity (Wildman–Crippen MR) is 84.1 cm³/mol. The molecule has 2 aromatic carbocycles. The van der Waals surface area contributed by atoms with Crippen molar-refractivity contribution >= 4 is 23.0 Å². The topological polar surface area (TPSA) is 94.3 Å². The third kappa shape index (κ3) is 3.49. The highest BCUT2D eigenvalue weighted by molar-refractivity contribution is 6.47. The molecule has 0 radical (unpaired) electrons. The number of anilines is 1. The van der Waals surface area contributed by atoms with Gasteiger partial charge < -0.3 is 15.7 Å². The molecule has 0 saturated carbocycles. The first kappa shape index (κ1) is 15.2. The van der Waals surface area contributed by atoms with E-state index in [1.54, 1.807) is 48.5 Å². The number of hydrogen-bond donors (Lipinski definition) is 3. The minimum absolute atomic E-state index is 0.156. The molecule has 2 rings (SSSR count). The van der Waals surface area contributed by atoms with Crippen LogP contribution in [0.25, 0.3) is 0 Å². The molecule has 1 amide bonds. The zero-order chi connectivity index (χ0) is 15.9.